The minimum Gasteiger partial charge on any atom is -0.253 e. The summed E-state index contributed by atoms with van der Waals surface area (Å²) < 4.78 is 3.76. The van der Waals surface area contributed by atoms with Gasteiger partial charge in [-0.2, -0.15) is 20.6 Å². The van der Waals surface area contributed by atoms with Crippen LogP contribution in [0.5, 0.6) is 0 Å². The number of nitrogens with zero attached hydrogens (tertiary/aromatic N) is 7. The molecule has 9 heteroatoms. The average molecular weight is 527 g/mol. The molecule has 0 radical (unpaired) electrons. The van der Waals surface area contributed by atoms with Crippen LogP contribution >= 0.6 is 11.3 Å². The van der Waals surface area contributed by atoms with Crippen LogP contribution in [0, 0.1) is 18.3 Å². The lowest BCUT2D eigenvalue weighted by Crippen LogP contribution is -1.99. The molecule has 8 nitrogen and oxygen atoms in total. The van der Waals surface area contributed by atoms with Crippen molar-refractivity contribution in [3.05, 3.63) is 120 Å². The first-order valence-corrected chi connectivity index (χ1v) is 13.1. The van der Waals surface area contributed by atoms with Crippen molar-refractivity contribution in [2.75, 3.05) is 5.43 Å². The Hall–Kier alpha value is -5.33. The van der Waals surface area contributed by atoms with Crippen molar-refractivity contribution in [2.45, 2.75) is 6.92 Å². The molecule has 3 aromatic heterocycles. The fourth-order valence-electron chi connectivity index (χ4n) is 4.21. The fraction of sp³-hybridized carbons (Fsp3) is 0.0333. The van der Waals surface area contributed by atoms with E-state index in [2.05, 4.69) is 26.7 Å². The number of rotatable bonds is 7. The van der Waals surface area contributed by atoms with Gasteiger partial charge in [0.15, 0.2) is 0 Å². The molecule has 0 bridgehead atoms. The highest BCUT2D eigenvalue weighted by Crippen LogP contribution is 2.28. The van der Waals surface area contributed by atoms with Gasteiger partial charge in [-0.25, -0.2) is 14.3 Å². The monoisotopic (exact) mass is 526 g/mol. The quantitative estimate of drug-likeness (QED) is 0.190. The third-order valence-electron chi connectivity index (χ3n) is 6.21. The van der Waals surface area contributed by atoms with E-state index in [0.717, 1.165) is 45.1 Å². The molecule has 1 N–H and O–H groups in total. The molecule has 0 fully saturated rings. The maximum absolute atomic E-state index is 9.02. The van der Waals surface area contributed by atoms with Gasteiger partial charge < -0.3 is 0 Å². The Balaban J connectivity index is 1.30. The van der Waals surface area contributed by atoms with Gasteiger partial charge in [-0.3, -0.25) is 5.43 Å². The zero-order chi connectivity index (χ0) is 26.6. The molecule has 0 aliphatic heterocycles. The summed E-state index contributed by atoms with van der Waals surface area (Å²) in [5.41, 5.74) is 10.9. The van der Waals surface area contributed by atoms with Gasteiger partial charge in [0.1, 0.15) is 5.69 Å². The first-order chi connectivity index (χ1) is 19.2. The molecule has 3 aromatic carbocycles. The SMILES string of the molecule is Cc1c(-c2nn(-c3ccccc3)cc2/C=N/Nc2nc(-c3ccc(C#N)cc3)cs2)cnn1-c1ccccc1. The van der Waals surface area contributed by atoms with Gasteiger partial charge in [0.2, 0.25) is 5.13 Å². The van der Waals surface area contributed by atoms with E-state index in [9.17, 15) is 0 Å². The smallest absolute Gasteiger partial charge is 0.203 e. The maximum Gasteiger partial charge on any atom is 0.203 e. The maximum atomic E-state index is 9.02. The van der Waals surface area contributed by atoms with Crippen molar-refractivity contribution in [2.24, 2.45) is 5.10 Å². The van der Waals surface area contributed by atoms with E-state index >= 15 is 0 Å². The molecule has 6 rings (SSSR count). The highest BCUT2D eigenvalue weighted by molar-refractivity contribution is 7.14. The molecule has 0 unspecified atom stereocenters. The zero-order valence-corrected chi connectivity index (χ0v) is 21.7. The molecular weight excluding hydrogens is 504 g/mol. The van der Waals surface area contributed by atoms with Crippen LogP contribution in [0.4, 0.5) is 5.13 Å². The molecule has 0 aliphatic rings. The Bertz CT molecular complexity index is 1790. The normalized spacial score (nSPS) is 11.1. The summed E-state index contributed by atoms with van der Waals surface area (Å²) in [7, 11) is 0. The molecule has 0 atom stereocenters. The van der Waals surface area contributed by atoms with E-state index in [1.54, 1.807) is 18.3 Å². The Morgan fingerprint density at radius 2 is 1.67 bits per heavy atom. The highest BCUT2D eigenvalue weighted by Gasteiger charge is 2.17. The van der Waals surface area contributed by atoms with Gasteiger partial charge in [0, 0.05) is 28.3 Å². The zero-order valence-electron chi connectivity index (χ0n) is 20.9. The minimum absolute atomic E-state index is 0.619. The van der Waals surface area contributed by atoms with Crippen LogP contribution < -0.4 is 5.43 Å². The fourth-order valence-corrected chi connectivity index (χ4v) is 4.87. The van der Waals surface area contributed by atoms with E-state index in [-0.39, 0.29) is 0 Å². The predicted octanol–water partition coefficient (Wildman–Crippen LogP) is 6.47. The number of nitrogens with one attached hydrogen (secondary N) is 1. The third-order valence-corrected chi connectivity index (χ3v) is 6.95. The Labute approximate surface area is 229 Å². The van der Waals surface area contributed by atoms with E-state index in [0.29, 0.717) is 10.7 Å². The number of thiazole rings is 1. The second-order valence-corrected chi connectivity index (χ2v) is 9.56. The molecular formula is C30H22N8S. The molecule has 188 valence electrons. The number of hydrogen-bond donors (Lipinski definition) is 1. The Morgan fingerprint density at radius 1 is 0.949 bits per heavy atom. The lowest BCUT2D eigenvalue weighted by molar-refractivity contribution is 0.846. The predicted molar refractivity (Wildman–Crippen MR) is 154 cm³/mol. The van der Waals surface area contributed by atoms with Gasteiger partial charge in [-0.15, -0.1) is 11.3 Å². The number of benzene rings is 3. The molecule has 0 amide bonds. The molecule has 0 saturated carbocycles. The molecule has 0 spiro atoms. The van der Waals surface area contributed by atoms with Crippen molar-refractivity contribution in [1.82, 2.24) is 24.5 Å². The van der Waals surface area contributed by atoms with Crippen LogP contribution in [0.1, 0.15) is 16.8 Å². The van der Waals surface area contributed by atoms with Gasteiger partial charge in [-0.1, -0.05) is 48.5 Å². The minimum atomic E-state index is 0.619. The first kappa shape index (κ1) is 24.0. The number of aromatic nitrogens is 5. The highest BCUT2D eigenvalue weighted by atomic mass is 32.1. The van der Waals surface area contributed by atoms with Crippen molar-refractivity contribution >= 4 is 22.7 Å². The number of hydrazone groups is 1. The summed E-state index contributed by atoms with van der Waals surface area (Å²) in [5.74, 6) is 0. The Morgan fingerprint density at radius 3 is 2.38 bits per heavy atom. The van der Waals surface area contributed by atoms with Crippen LogP contribution in [0.3, 0.4) is 0 Å². The Kier molecular flexibility index (Phi) is 6.52. The number of hydrogen-bond acceptors (Lipinski definition) is 7. The summed E-state index contributed by atoms with van der Waals surface area (Å²) in [6.07, 6.45) is 5.55. The van der Waals surface area contributed by atoms with Crippen LogP contribution in [0.25, 0.3) is 33.9 Å². The molecule has 0 saturated heterocycles. The van der Waals surface area contributed by atoms with Crippen LogP contribution in [-0.2, 0) is 0 Å². The van der Waals surface area contributed by atoms with Crippen LogP contribution in [-0.4, -0.2) is 30.8 Å². The van der Waals surface area contributed by atoms with E-state index in [4.69, 9.17) is 10.4 Å². The van der Waals surface area contributed by atoms with E-state index < -0.39 is 0 Å². The molecule has 0 aliphatic carbocycles. The van der Waals surface area contributed by atoms with Gasteiger partial charge in [0.05, 0.1) is 46.8 Å². The van der Waals surface area contributed by atoms with Crippen molar-refractivity contribution in [3.8, 4) is 40.0 Å². The van der Waals surface area contributed by atoms with Gasteiger partial charge >= 0.3 is 0 Å². The van der Waals surface area contributed by atoms with Crippen molar-refractivity contribution < 1.29 is 0 Å². The van der Waals surface area contributed by atoms with Crippen LogP contribution in [0.15, 0.2) is 108 Å². The summed E-state index contributed by atoms with van der Waals surface area (Å²) in [4.78, 5) is 4.63. The van der Waals surface area contributed by atoms with E-state index in [1.165, 1.54) is 11.3 Å². The van der Waals surface area contributed by atoms with Gasteiger partial charge in [0.25, 0.3) is 0 Å². The third kappa shape index (κ3) is 4.97. The molecule has 6 aromatic rings. The largest absolute Gasteiger partial charge is 0.253 e. The standard InChI is InChI=1S/C30H22N8S/c1-21-27(18-33-38(21)26-10-6-3-7-11-26)29-24(19-37(36-29)25-8-4-2-5-9-25)17-32-35-30-34-28(20-39-30)23-14-12-22(16-31)13-15-23/h2-15,17-20H,1H3,(H,34,35)/b32-17+. The molecule has 39 heavy (non-hydrogen) atoms. The number of anilines is 1. The van der Waals surface area contributed by atoms with Crippen molar-refractivity contribution in [1.29, 1.82) is 5.26 Å². The van der Waals surface area contributed by atoms with Gasteiger partial charge in [-0.05, 0) is 43.3 Å². The van der Waals surface area contributed by atoms with Crippen LogP contribution in [0.2, 0.25) is 0 Å². The average Bonchev–Trinajstić information content (AvgIpc) is 3.73. The van der Waals surface area contributed by atoms with E-state index in [1.807, 2.05) is 107 Å². The lowest BCUT2D eigenvalue weighted by Gasteiger charge is -2.05. The summed E-state index contributed by atoms with van der Waals surface area (Å²) in [6.45, 7) is 2.04. The number of para-hydroxylation sites is 2. The second kappa shape index (κ2) is 10.6. The summed E-state index contributed by atoms with van der Waals surface area (Å²) in [5, 5.41) is 25.7. The summed E-state index contributed by atoms with van der Waals surface area (Å²) in [6, 6.07) is 29.5. The van der Waals surface area contributed by atoms with Crippen molar-refractivity contribution in [3.63, 3.8) is 0 Å². The second-order valence-electron chi connectivity index (χ2n) is 8.70. The lowest BCUT2D eigenvalue weighted by atomic mass is 10.1. The topological polar surface area (TPSA) is 96.7 Å². The summed E-state index contributed by atoms with van der Waals surface area (Å²) >= 11 is 1.46. The molecule has 3 heterocycles. The number of nitriles is 1. The first-order valence-electron chi connectivity index (χ1n) is 12.2.